The summed E-state index contributed by atoms with van der Waals surface area (Å²) >= 11 is 0. The fourth-order valence-corrected chi connectivity index (χ4v) is 3.85. The van der Waals surface area contributed by atoms with E-state index in [1.165, 1.54) is 10.5 Å². The Balaban J connectivity index is 1.88. The Labute approximate surface area is 131 Å². The van der Waals surface area contributed by atoms with E-state index in [0.29, 0.717) is 24.5 Å². The summed E-state index contributed by atoms with van der Waals surface area (Å²) in [5.41, 5.74) is 0.467. The topological polar surface area (TPSA) is 95.3 Å². The van der Waals surface area contributed by atoms with Gasteiger partial charge in [-0.05, 0) is 26.0 Å². The summed E-state index contributed by atoms with van der Waals surface area (Å²) in [5.74, 6) is 0.548. The molecule has 0 aliphatic carbocycles. The van der Waals surface area contributed by atoms with E-state index in [4.69, 9.17) is 10.00 Å². The Hall–Kier alpha value is -1.69. The standard InChI is InChI=1S/C14H20N4O3S/c1-11-9-18(10-12(2)21-11)22(19,20)6-5-16-14-4-3-13(7-15)8-17-14/h3-4,8,11-12H,5-6,9-10H2,1-2H3,(H,16,17). The lowest BCUT2D eigenvalue weighted by Crippen LogP contribution is -2.49. The highest BCUT2D eigenvalue weighted by molar-refractivity contribution is 7.89. The number of nitrogens with zero attached hydrogens (tertiary/aromatic N) is 3. The first-order chi connectivity index (χ1) is 10.4. The Morgan fingerprint density at radius 3 is 2.64 bits per heavy atom. The van der Waals surface area contributed by atoms with E-state index in [1.54, 1.807) is 12.1 Å². The normalized spacial score (nSPS) is 23.0. The molecule has 0 radical (unpaired) electrons. The second kappa shape index (κ2) is 7.05. The van der Waals surface area contributed by atoms with Crippen molar-refractivity contribution in [1.82, 2.24) is 9.29 Å². The van der Waals surface area contributed by atoms with Gasteiger partial charge in [0.25, 0.3) is 0 Å². The van der Waals surface area contributed by atoms with Gasteiger partial charge in [-0.1, -0.05) is 0 Å². The molecule has 1 N–H and O–H groups in total. The van der Waals surface area contributed by atoms with Crippen molar-refractivity contribution in [2.24, 2.45) is 0 Å². The first kappa shape index (κ1) is 16.7. The fourth-order valence-electron chi connectivity index (χ4n) is 2.36. The Bertz CT molecular complexity index is 629. The fraction of sp³-hybridized carbons (Fsp3) is 0.571. The first-order valence-corrected chi connectivity index (χ1v) is 8.75. The van der Waals surface area contributed by atoms with E-state index in [1.807, 2.05) is 19.9 Å². The van der Waals surface area contributed by atoms with E-state index in [0.717, 1.165) is 0 Å². The van der Waals surface area contributed by atoms with Gasteiger partial charge in [0.1, 0.15) is 11.9 Å². The minimum absolute atomic E-state index is 0.00583. The van der Waals surface area contributed by atoms with Crippen molar-refractivity contribution in [3.8, 4) is 6.07 Å². The molecule has 2 unspecified atom stereocenters. The molecule has 2 atom stereocenters. The summed E-state index contributed by atoms with van der Waals surface area (Å²) in [6.07, 6.45) is 1.26. The van der Waals surface area contributed by atoms with E-state index in [9.17, 15) is 8.42 Å². The van der Waals surface area contributed by atoms with Gasteiger partial charge in [-0.25, -0.2) is 13.4 Å². The summed E-state index contributed by atoms with van der Waals surface area (Å²) < 4.78 is 31.7. The number of hydrogen-bond acceptors (Lipinski definition) is 6. The second-order valence-corrected chi connectivity index (χ2v) is 7.45. The molecule has 1 aromatic heterocycles. The molecule has 0 aromatic carbocycles. The second-order valence-electron chi connectivity index (χ2n) is 5.36. The van der Waals surface area contributed by atoms with Crippen LogP contribution in [0.25, 0.3) is 0 Å². The van der Waals surface area contributed by atoms with E-state index < -0.39 is 10.0 Å². The maximum absolute atomic E-state index is 12.3. The van der Waals surface area contributed by atoms with Crippen LogP contribution in [0.5, 0.6) is 0 Å². The van der Waals surface area contributed by atoms with Gasteiger partial charge in [-0.2, -0.15) is 9.57 Å². The van der Waals surface area contributed by atoms with E-state index in [-0.39, 0.29) is 24.5 Å². The predicted molar refractivity (Wildman–Crippen MR) is 82.8 cm³/mol. The number of nitriles is 1. The third kappa shape index (κ3) is 4.40. The number of nitrogens with one attached hydrogen (secondary N) is 1. The lowest BCUT2D eigenvalue weighted by Gasteiger charge is -2.34. The number of aromatic nitrogens is 1. The predicted octanol–water partition coefficient (Wildman–Crippen LogP) is 0.804. The van der Waals surface area contributed by atoms with Gasteiger partial charge in [-0.15, -0.1) is 0 Å². The SMILES string of the molecule is CC1CN(S(=O)(=O)CCNc2ccc(C#N)cn2)CC(C)O1. The highest BCUT2D eigenvalue weighted by Crippen LogP contribution is 2.15. The van der Waals surface area contributed by atoms with Crippen molar-refractivity contribution in [1.29, 1.82) is 5.26 Å². The molecule has 0 amide bonds. The maximum Gasteiger partial charge on any atom is 0.216 e. The van der Waals surface area contributed by atoms with Gasteiger partial charge in [-0.3, -0.25) is 0 Å². The number of hydrogen-bond donors (Lipinski definition) is 1. The smallest absolute Gasteiger partial charge is 0.216 e. The zero-order chi connectivity index (χ0) is 16.2. The number of ether oxygens (including phenoxy) is 1. The van der Waals surface area contributed by atoms with Crippen LogP contribution in [0.15, 0.2) is 18.3 Å². The summed E-state index contributed by atoms with van der Waals surface area (Å²) in [4.78, 5) is 4.04. The molecule has 1 fully saturated rings. The minimum atomic E-state index is -3.32. The maximum atomic E-state index is 12.3. The van der Waals surface area contributed by atoms with Crippen LogP contribution in [-0.2, 0) is 14.8 Å². The summed E-state index contributed by atoms with van der Waals surface area (Å²) in [6.45, 7) is 4.79. The third-order valence-electron chi connectivity index (χ3n) is 3.34. The molecule has 120 valence electrons. The largest absolute Gasteiger partial charge is 0.373 e. The molecule has 2 rings (SSSR count). The molecular formula is C14H20N4O3S. The van der Waals surface area contributed by atoms with Crippen LogP contribution in [-0.4, -0.2) is 55.3 Å². The van der Waals surface area contributed by atoms with Gasteiger partial charge in [0.15, 0.2) is 0 Å². The number of sulfonamides is 1. The van der Waals surface area contributed by atoms with Crippen molar-refractivity contribution >= 4 is 15.8 Å². The zero-order valence-electron chi connectivity index (χ0n) is 12.7. The van der Waals surface area contributed by atoms with Gasteiger partial charge >= 0.3 is 0 Å². The molecule has 8 heteroatoms. The quantitative estimate of drug-likeness (QED) is 0.861. The van der Waals surface area contributed by atoms with Crippen LogP contribution in [0.2, 0.25) is 0 Å². The monoisotopic (exact) mass is 324 g/mol. The van der Waals surface area contributed by atoms with Crippen LogP contribution in [0.4, 0.5) is 5.82 Å². The van der Waals surface area contributed by atoms with Crippen molar-refractivity contribution in [3.63, 3.8) is 0 Å². The van der Waals surface area contributed by atoms with Crippen molar-refractivity contribution in [3.05, 3.63) is 23.9 Å². The summed E-state index contributed by atoms with van der Waals surface area (Å²) in [6, 6.07) is 5.27. The molecule has 1 saturated heterocycles. The first-order valence-electron chi connectivity index (χ1n) is 7.14. The molecule has 0 bridgehead atoms. The molecule has 7 nitrogen and oxygen atoms in total. The van der Waals surface area contributed by atoms with Crippen molar-refractivity contribution < 1.29 is 13.2 Å². The van der Waals surface area contributed by atoms with Crippen molar-refractivity contribution in [2.75, 3.05) is 30.7 Å². The highest BCUT2D eigenvalue weighted by atomic mass is 32.2. The third-order valence-corrected chi connectivity index (χ3v) is 5.14. The molecule has 0 spiro atoms. The van der Waals surface area contributed by atoms with Crippen LogP contribution in [0.3, 0.4) is 0 Å². The summed E-state index contributed by atoms with van der Waals surface area (Å²) in [5, 5.41) is 11.6. The Morgan fingerprint density at radius 2 is 2.09 bits per heavy atom. The zero-order valence-corrected chi connectivity index (χ0v) is 13.5. The van der Waals surface area contributed by atoms with Crippen LogP contribution >= 0.6 is 0 Å². The molecule has 1 aliphatic rings. The van der Waals surface area contributed by atoms with Gasteiger partial charge in [0.05, 0.1) is 23.5 Å². The molecule has 0 saturated carbocycles. The van der Waals surface area contributed by atoms with Crippen LogP contribution in [0, 0.1) is 11.3 Å². The molecule has 1 aromatic rings. The number of anilines is 1. The molecule has 1 aliphatic heterocycles. The highest BCUT2D eigenvalue weighted by Gasteiger charge is 2.30. The molecule has 22 heavy (non-hydrogen) atoms. The van der Waals surface area contributed by atoms with E-state index in [2.05, 4.69) is 10.3 Å². The van der Waals surface area contributed by atoms with Crippen LogP contribution in [0.1, 0.15) is 19.4 Å². The lowest BCUT2D eigenvalue weighted by atomic mass is 10.3. The lowest BCUT2D eigenvalue weighted by molar-refractivity contribution is -0.0440. The molecular weight excluding hydrogens is 304 g/mol. The molecule has 2 heterocycles. The van der Waals surface area contributed by atoms with Gasteiger partial charge in [0, 0.05) is 25.8 Å². The Morgan fingerprint density at radius 1 is 1.41 bits per heavy atom. The van der Waals surface area contributed by atoms with E-state index >= 15 is 0 Å². The van der Waals surface area contributed by atoms with Gasteiger partial charge in [0.2, 0.25) is 10.0 Å². The number of morpholine rings is 1. The Kier molecular flexibility index (Phi) is 5.34. The number of pyridine rings is 1. The summed E-state index contributed by atoms with van der Waals surface area (Å²) in [7, 11) is -3.32. The van der Waals surface area contributed by atoms with Crippen molar-refractivity contribution in [2.45, 2.75) is 26.1 Å². The van der Waals surface area contributed by atoms with Gasteiger partial charge < -0.3 is 10.1 Å². The van der Waals surface area contributed by atoms with Crippen LogP contribution < -0.4 is 5.32 Å². The minimum Gasteiger partial charge on any atom is -0.373 e. The average Bonchev–Trinajstić information content (AvgIpc) is 2.47. The average molecular weight is 324 g/mol. The number of rotatable bonds is 5.